The van der Waals surface area contributed by atoms with Gasteiger partial charge in [-0.15, -0.1) is 0 Å². The van der Waals surface area contributed by atoms with Crippen molar-refractivity contribution in [3.05, 3.63) is 12.4 Å². The summed E-state index contributed by atoms with van der Waals surface area (Å²) in [6, 6.07) is 2.10. The van der Waals surface area contributed by atoms with Gasteiger partial charge in [0.15, 0.2) is 0 Å². The fourth-order valence-electron chi connectivity index (χ4n) is 2.43. The van der Waals surface area contributed by atoms with Crippen LogP contribution in [0, 0.1) is 5.92 Å². The van der Waals surface area contributed by atoms with Crippen LogP contribution in [0.4, 0.5) is 11.6 Å². The van der Waals surface area contributed by atoms with E-state index in [2.05, 4.69) is 52.0 Å². The number of hydrogen-bond acceptors (Lipinski definition) is 5. The average Bonchev–Trinajstić information content (AvgIpc) is 2.67. The fourth-order valence-corrected chi connectivity index (χ4v) is 2.43. The molecule has 0 bridgehead atoms. The predicted octanol–water partition coefficient (Wildman–Crippen LogP) is 1.37. The maximum absolute atomic E-state index is 4.43. The molecule has 0 amide bonds. The second-order valence-electron chi connectivity index (χ2n) is 5.60. The van der Waals surface area contributed by atoms with Crippen molar-refractivity contribution >= 4 is 11.6 Å². The molecule has 0 aromatic carbocycles. The van der Waals surface area contributed by atoms with Crippen molar-refractivity contribution in [3.63, 3.8) is 0 Å². The molecule has 1 N–H and O–H groups in total. The van der Waals surface area contributed by atoms with E-state index in [-0.39, 0.29) is 0 Å². The van der Waals surface area contributed by atoms with E-state index in [1.54, 1.807) is 6.33 Å². The van der Waals surface area contributed by atoms with Crippen LogP contribution in [-0.4, -0.2) is 49.7 Å². The van der Waals surface area contributed by atoms with Crippen LogP contribution in [0.1, 0.15) is 20.3 Å². The maximum Gasteiger partial charge on any atom is 0.134 e. The highest BCUT2D eigenvalue weighted by atomic mass is 15.2. The third kappa shape index (κ3) is 4.06. The van der Waals surface area contributed by atoms with Crippen LogP contribution in [0.5, 0.6) is 0 Å². The van der Waals surface area contributed by atoms with Crippen LogP contribution >= 0.6 is 0 Å². The Hall–Kier alpha value is -1.36. The number of anilines is 2. The number of rotatable bonds is 4. The summed E-state index contributed by atoms with van der Waals surface area (Å²) in [5.74, 6) is 2.69. The first kappa shape index (κ1) is 14.1. The van der Waals surface area contributed by atoms with Crippen molar-refractivity contribution in [2.45, 2.75) is 20.3 Å². The molecule has 5 heteroatoms. The summed E-state index contributed by atoms with van der Waals surface area (Å²) < 4.78 is 0. The lowest BCUT2D eigenvalue weighted by Gasteiger charge is -2.24. The van der Waals surface area contributed by atoms with E-state index in [1.165, 1.54) is 6.42 Å². The predicted molar refractivity (Wildman–Crippen MR) is 79.8 cm³/mol. The molecule has 106 valence electrons. The zero-order valence-corrected chi connectivity index (χ0v) is 12.3. The van der Waals surface area contributed by atoms with Crippen molar-refractivity contribution in [1.82, 2.24) is 15.3 Å². The van der Waals surface area contributed by atoms with Gasteiger partial charge < -0.3 is 15.1 Å². The zero-order chi connectivity index (χ0) is 13.7. The molecular weight excluding hydrogens is 238 g/mol. The normalized spacial score (nSPS) is 16.5. The molecule has 1 fully saturated rings. The van der Waals surface area contributed by atoms with Crippen LogP contribution in [0.3, 0.4) is 0 Å². The third-order valence-electron chi connectivity index (χ3n) is 3.33. The van der Waals surface area contributed by atoms with Gasteiger partial charge in [-0.3, -0.25) is 0 Å². The number of nitrogens with one attached hydrogen (secondary N) is 1. The van der Waals surface area contributed by atoms with Crippen LogP contribution in [-0.2, 0) is 0 Å². The Morgan fingerprint density at radius 1 is 1.32 bits per heavy atom. The number of hydrogen-bond donors (Lipinski definition) is 1. The standard InChI is InChI=1S/C14H25N5/c1-12(2)10-18(3)13-9-14(17-11-16-13)19-7-4-5-15-6-8-19/h9,11-12,15H,4-8,10H2,1-3H3. The highest BCUT2D eigenvalue weighted by molar-refractivity contribution is 5.49. The second kappa shape index (κ2) is 6.70. The van der Waals surface area contributed by atoms with Crippen molar-refractivity contribution in [2.24, 2.45) is 5.92 Å². The molecular formula is C14H25N5. The molecule has 1 aromatic heterocycles. The highest BCUT2D eigenvalue weighted by Gasteiger charge is 2.13. The van der Waals surface area contributed by atoms with E-state index in [9.17, 15) is 0 Å². The first-order valence-corrected chi connectivity index (χ1v) is 7.15. The lowest BCUT2D eigenvalue weighted by atomic mass is 10.2. The van der Waals surface area contributed by atoms with E-state index in [0.29, 0.717) is 5.92 Å². The van der Waals surface area contributed by atoms with Gasteiger partial charge in [0.25, 0.3) is 0 Å². The van der Waals surface area contributed by atoms with Gasteiger partial charge in [0.2, 0.25) is 0 Å². The van der Waals surface area contributed by atoms with E-state index in [0.717, 1.165) is 44.4 Å². The van der Waals surface area contributed by atoms with Gasteiger partial charge in [-0.25, -0.2) is 9.97 Å². The molecule has 0 atom stereocenters. The molecule has 0 aliphatic carbocycles. The summed E-state index contributed by atoms with van der Waals surface area (Å²) in [6.45, 7) is 9.67. The lowest BCUT2D eigenvalue weighted by Crippen LogP contribution is -2.29. The molecule has 0 unspecified atom stereocenters. The smallest absolute Gasteiger partial charge is 0.134 e. The molecule has 19 heavy (non-hydrogen) atoms. The Labute approximate surface area is 116 Å². The van der Waals surface area contributed by atoms with Gasteiger partial charge >= 0.3 is 0 Å². The molecule has 0 saturated carbocycles. The second-order valence-corrected chi connectivity index (χ2v) is 5.60. The van der Waals surface area contributed by atoms with Crippen molar-refractivity contribution in [1.29, 1.82) is 0 Å². The summed E-state index contributed by atoms with van der Waals surface area (Å²) in [4.78, 5) is 13.4. The molecule has 1 aliphatic heterocycles. The average molecular weight is 263 g/mol. The van der Waals surface area contributed by atoms with E-state index >= 15 is 0 Å². The fraction of sp³-hybridized carbons (Fsp3) is 0.714. The molecule has 0 spiro atoms. The Bertz CT molecular complexity index is 385. The largest absolute Gasteiger partial charge is 0.359 e. The van der Waals surface area contributed by atoms with E-state index in [1.807, 2.05) is 0 Å². The molecule has 2 rings (SSSR count). The summed E-state index contributed by atoms with van der Waals surface area (Å²) in [5, 5.41) is 3.41. The summed E-state index contributed by atoms with van der Waals surface area (Å²) in [7, 11) is 2.09. The third-order valence-corrected chi connectivity index (χ3v) is 3.33. The topological polar surface area (TPSA) is 44.3 Å². The van der Waals surface area contributed by atoms with E-state index in [4.69, 9.17) is 0 Å². The van der Waals surface area contributed by atoms with Crippen LogP contribution in [0.2, 0.25) is 0 Å². The minimum atomic E-state index is 0.630. The van der Waals surface area contributed by atoms with Gasteiger partial charge in [0.05, 0.1) is 0 Å². The van der Waals surface area contributed by atoms with Crippen molar-refractivity contribution < 1.29 is 0 Å². The Kier molecular flexibility index (Phi) is 4.96. The highest BCUT2D eigenvalue weighted by Crippen LogP contribution is 2.18. The molecule has 5 nitrogen and oxygen atoms in total. The zero-order valence-electron chi connectivity index (χ0n) is 12.3. The maximum atomic E-state index is 4.43. The first-order valence-electron chi connectivity index (χ1n) is 7.15. The SMILES string of the molecule is CC(C)CN(C)c1cc(N2CCCNCC2)ncn1. The summed E-state index contributed by atoms with van der Waals surface area (Å²) in [5.41, 5.74) is 0. The van der Waals surface area contributed by atoms with Crippen LogP contribution in [0.15, 0.2) is 12.4 Å². The Morgan fingerprint density at radius 2 is 2.16 bits per heavy atom. The van der Waals surface area contributed by atoms with Gasteiger partial charge in [-0.1, -0.05) is 13.8 Å². The van der Waals surface area contributed by atoms with Crippen molar-refractivity contribution in [2.75, 3.05) is 49.6 Å². The summed E-state index contributed by atoms with van der Waals surface area (Å²) in [6.07, 6.45) is 2.85. The monoisotopic (exact) mass is 263 g/mol. The quantitative estimate of drug-likeness (QED) is 0.889. The number of nitrogens with zero attached hydrogens (tertiary/aromatic N) is 4. The number of aromatic nitrogens is 2. The Balaban J connectivity index is 2.09. The first-order chi connectivity index (χ1) is 9.16. The minimum Gasteiger partial charge on any atom is -0.359 e. The molecule has 1 aliphatic rings. The van der Waals surface area contributed by atoms with Crippen LogP contribution in [0.25, 0.3) is 0 Å². The van der Waals surface area contributed by atoms with Gasteiger partial charge in [0.1, 0.15) is 18.0 Å². The Morgan fingerprint density at radius 3 is 2.95 bits per heavy atom. The molecule has 2 heterocycles. The minimum absolute atomic E-state index is 0.630. The molecule has 1 saturated heterocycles. The summed E-state index contributed by atoms with van der Waals surface area (Å²) >= 11 is 0. The lowest BCUT2D eigenvalue weighted by molar-refractivity contribution is 0.634. The van der Waals surface area contributed by atoms with E-state index < -0.39 is 0 Å². The molecule has 1 aromatic rings. The van der Waals surface area contributed by atoms with Gasteiger partial charge in [0, 0.05) is 39.3 Å². The van der Waals surface area contributed by atoms with Crippen LogP contribution < -0.4 is 15.1 Å². The van der Waals surface area contributed by atoms with Gasteiger partial charge in [-0.2, -0.15) is 0 Å². The molecule has 0 radical (unpaired) electrons. The van der Waals surface area contributed by atoms with Gasteiger partial charge in [-0.05, 0) is 18.9 Å². The van der Waals surface area contributed by atoms with Crippen molar-refractivity contribution in [3.8, 4) is 0 Å².